The van der Waals surface area contributed by atoms with E-state index in [1.807, 2.05) is 11.3 Å². The molecule has 2 N–H and O–H groups in total. The molecule has 0 aromatic carbocycles. The van der Waals surface area contributed by atoms with E-state index in [9.17, 15) is 0 Å². The van der Waals surface area contributed by atoms with Gasteiger partial charge in [0.25, 0.3) is 0 Å². The predicted molar refractivity (Wildman–Crippen MR) is 56.1 cm³/mol. The van der Waals surface area contributed by atoms with Crippen LogP contribution in [0.2, 0.25) is 0 Å². The van der Waals surface area contributed by atoms with Gasteiger partial charge in [0.1, 0.15) is 0 Å². The molecule has 2 nitrogen and oxygen atoms in total. The van der Waals surface area contributed by atoms with Crippen molar-refractivity contribution in [3.8, 4) is 0 Å². The predicted octanol–water partition coefficient (Wildman–Crippen LogP) is 2.18. The average molecular weight is 196 g/mol. The Morgan fingerprint density at radius 3 is 2.62 bits per heavy atom. The van der Waals surface area contributed by atoms with Crippen molar-refractivity contribution in [3.05, 3.63) is 15.6 Å². The second kappa shape index (κ2) is 3.07. The van der Waals surface area contributed by atoms with E-state index in [4.69, 9.17) is 5.73 Å². The summed E-state index contributed by atoms with van der Waals surface area (Å²) in [5.74, 6) is 0. The summed E-state index contributed by atoms with van der Waals surface area (Å²) in [6, 6.07) is 0. The summed E-state index contributed by atoms with van der Waals surface area (Å²) in [5, 5.41) is 1.26. The van der Waals surface area contributed by atoms with Crippen LogP contribution in [0.4, 0.5) is 0 Å². The average Bonchev–Trinajstić information content (AvgIpc) is 2.72. The maximum Gasteiger partial charge on any atom is 0.0931 e. The SMILES string of the molecule is Cc1nc(CCC2(N)CC2)sc1C. The molecular formula is C10H16N2S. The van der Waals surface area contributed by atoms with Crippen LogP contribution >= 0.6 is 11.3 Å². The van der Waals surface area contributed by atoms with Gasteiger partial charge in [-0.1, -0.05) is 0 Å². The van der Waals surface area contributed by atoms with E-state index in [0.29, 0.717) is 0 Å². The highest BCUT2D eigenvalue weighted by molar-refractivity contribution is 7.11. The van der Waals surface area contributed by atoms with Crippen LogP contribution in [-0.4, -0.2) is 10.5 Å². The second-order valence-corrected chi connectivity index (χ2v) is 5.40. The molecule has 0 atom stereocenters. The van der Waals surface area contributed by atoms with E-state index in [-0.39, 0.29) is 5.54 Å². The van der Waals surface area contributed by atoms with Gasteiger partial charge in [-0.15, -0.1) is 11.3 Å². The number of aromatic nitrogens is 1. The van der Waals surface area contributed by atoms with Crippen molar-refractivity contribution < 1.29 is 0 Å². The standard InChI is InChI=1S/C10H16N2S/c1-7-8(2)13-9(12-7)3-4-10(11)5-6-10/h3-6,11H2,1-2H3. The van der Waals surface area contributed by atoms with Crippen LogP contribution in [0.5, 0.6) is 0 Å². The van der Waals surface area contributed by atoms with E-state index in [1.54, 1.807) is 0 Å². The summed E-state index contributed by atoms with van der Waals surface area (Å²) >= 11 is 1.82. The van der Waals surface area contributed by atoms with Gasteiger partial charge < -0.3 is 5.73 Å². The number of hydrogen-bond donors (Lipinski definition) is 1. The third-order valence-electron chi connectivity index (χ3n) is 2.80. The maximum atomic E-state index is 6.02. The molecule has 2 rings (SSSR count). The van der Waals surface area contributed by atoms with Crippen molar-refractivity contribution in [3.63, 3.8) is 0 Å². The molecule has 72 valence electrons. The van der Waals surface area contributed by atoms with Crippen molar-refractivity contribution in [1.29, 1.82) is 0 Å². The fourth-order valence-electron chi connectivity index (χ4n) is 1.41. The molecule has 0 aliphatic heterocycles. The summed E-state index contributed by atoms with van der Waals surface area (Å²) in [7, 11) is 0. The summed E-state index contributed by atoms with van der Waals surface area (Å²) < 4.78 is 0. The molecule has 0 bridgehead atoms. The number of rotatable bonds is 3. The zero-order valence-electron chi connectivity index (χ0n) is 8.26. The van der Waals surface area contributed by atoms with Crippen molar-refractivity contribution in [1.82, 2.24) is 4.98 Å². The molecule has 1 aliphatic carbocycles. The summed E-state index contributed by atoms with van der Waals surface area (Å²) in [4.78, 5) is 5.85. The molecule has 0 spiro atoms. The minimum absolute atomic E-state index is 0.174. The summed E-state index contributed by atoms with van der Waals surface area (Å²) in [6.07, 6.45) is 4.59. The molecular weight excluding hydrogens is 180 g/mol. The van der Waals surface area contributed by atoms with Crippen molar-refractivity contribution in [2.75, 3.05) is 0 Å². The molecule has 3 heteroatoms. The Labute approximate surface area is 83.2 Å². The van der Waals surface area contributed by atoms with Crippen LogP contribution in [0.15, 0.2) is 0 Å². The number of aryl methyl sites for hydroxylation is 3. The Bertz CT molecular complexity index is 293. The zero-order valence-corrected chi connectivity index (χ0v) is 9.08. The van der Waals surface area contributed by atoms with Gasteiger partial charge in [-0.2, -0.15) is 0 Å². The molecule has 0 saturated heterocycles. The molecule has 0 amide bonds. The van der Waals surface area contributed by atoms with Gasteiger partial charge in [-0.05, 0) is 33.1 Å². The van der Waals surface area contributed by atoms with Gasteiger partial charge in [0.2, 0.25) is 0 Å². The fourth-order valence-corrected chi connectivity index (χ4v) is 2.35. The third kappa shape index (κ3) is 2.09. The summed E-state index contributed by atoms with van der Waals surface area (Å²) in [6.45, 7) is 4.20. The van der Waals surface area contributed by atoms with Gasteiger partial charge in [-0.3, -0.25) is 0 Å². The zero-order chi connectivity index (χ0) is 9.47. The monoisotopic (exact) mass is 196 g/mol. The maximum absolute atomic E-state index is 6.02. The topological polar surface area (TPSA) is 38.9 Å². The first-order valence-corrected chi connectivity index (χ1v) is 5.62. The van der Waals surface area contributed by atoms with Gasteiger partial charge in [-0.25, -0.2) is 4.98 Å². The van der Waals surface area contributed by atoms with Crippen LogP contribution in [-0.2, 0) is 6.42 Å². The highest BCUT2D eigenvalue weighted by atomic mass is 32.1. The highest BCUT2D eigenvalue weighted by Crippen LogP contribution is 2.36. The first-order chi connectivity index (χ1) is 6.09. The Morgan fingerprint density at radius 2 is 2.15 bits per heavy atom. The second-order valence-electron chi connectivity index (χ2n) is 4.11. The normalized spacial score (nSPS) is 19.0. The van der Waals surface area contributed by atoms with E-state index in [1.165, 1.54) is 28.4 Å². The number of nitrogens with zero attached hydrogens (tertiary/aromatic N) is 1. The number of nitrogens with two attached hydrogens (primary N) is 1. The van der Waals surface area contributed by atoms with Crippen molar-refractivity contribution in [2.45, 2.75) is 45.1 Å². The number of thiazole rings is 1. The number of hydrogen-bond acceptors (Lipinski definition) is 3. The minimum Gasteiger partial charge on any atom is -0.325 e. The van der Waals surface area contributed by atoms with Gasteiger partial charge in [0.05, 0.1) is 10.7 Å². The Hall–Kier alpha value is -0.410. The first kappa shape index (κ1) is 9.16. The lowest BCUT2D eigenvalue weighted by Crippen LogP contribution is -2.21. The largest absolute Gasteiger partial charge is 0.325 e. The van der Waals surface area contributed by atoms with Gasteiger partial charge in [0.15, 0.2) is 0 Å². The Balaban J connectivity index is 1.94. The first-order valence-electron chi connectivity index (χ1n) is 4.81. The van der Waals surface area contributed by atoms with Crippen LogP contribution in [0.25, 0.3) is 0 Å². The van der Waals surface area contributed by atoms with E-state index >= 15 is 0 Å². The fraction of sp³-hybridized carbons (Fsp3) is 0.700. The molecule has 1 aliphatic rings. The molecule has 1 aromatic heterocycles. The van der Waals surface area contributed by atoms with Crippen molar-refractivity contribution in [2.24, 2.45) is 5.73 Å². The van der Waals surface area contributed by atoms with E-state index in [0.717, 1.165) is 12.8 Å². The molecule has 1 heterocycles. The molecule has 13 heavy (non-hydrogen) atoms. The lowest BCUT2D eigenvalue weighted by Gasteiger charge is -2.04. The van der Waals surface area contributed by atoms with Gasteiger partial charge in [0, 0.05) is 16.8 Å². The van der Waals surface area contributed by atoms with Crippen LogP contribution in [0, 0.1) is 13.8 Å². The van der Waals surface area contributed by atoms with Crippen LogP contribution in [0.1, 0.15) is 34.8 Å². The Morgan fingerprint density at radius 1 is 1.46 bits per heavy atom. The quantitative estimate of drug-likeness (QED) is 0.804. The smallest absolute Gasteiger partial charge is 0.0931 e. The van der Waals surface area contributed by atoms with E-state index < -0.39 is 0 Å². The van der Waals surface area contributed by atoms with E-state index in [2.05, 4.69) is 18.8 Å². The van der Waals surface area contributed by atoms with Gasteiger partial charge >= 0.3 is 0 Å². The van der Waals surface area contributed by atoms with Crippen molar-refractivity contribution >= 4 is 11.3 Å². The molecule has 1 saturated carbocycles. The summed E-state index contributed by atoms with van der Waals surface area (Å²) in [5.41, 5.74) is 7.37. The molecule has 1 fully saturated rings. The molecule has 0 unspecified atom stereocenters. The van der Waals surface area contributed by atoms with Crippen LogP contribution in [0.3, 0.4) is 0 Å². The lowest BCUT2D eigenvalue weighted by molar-refractivity contribution is 0.607. The lowest BCUT2D eigenvalue weighted by atomic mass is 10.1. The Kier molecular flexibility index (Phi) is 2.16. The van der Waals surface area contributed by atoms with Crippen LogP contribution < -0.4 is 5.73 Å². The molecule has 1 aromatic rings. The highest BCUT2D eigenvalue weighted by Gasteiger charge is 2.37. The minimum atomic E-state index is 0.174. The molecule has 0 radical (unpaired) electrons. The third-order valence-corrected chi connectivity index (χ3v) is 3.93.